The molecule has 1 aromatic carbocycles. The van der Waals surface area contributed by atoms with E-state index in [0.29, 0.717) is 16.8 Å². The van der Waals surface area contributed by atoms with Gasteiger partial charge in [0, 0.05) is 0 Å². The first kappa shape index (κ1) is 13.0. The van der Waals surface area contributed by atoms with Crippen LogP contribution in [-0.4, -0.2) is 28.3 Å². The van der Waals surface area contributed by atoms with Crippen molar-refractivity contribution in [1.29, 1.82) is 0 Å². The van der Waals surface area contributed by atoms with Gasteiger partial charge in [-0.15, -0.1) is 0 Å². The van der Waals surface area contributed by atoms with Crippen LogP contribution < -0.4 is 5.73 Å². The lowest BCUT2D eigenvalue weighted by Gasteiger charge is -2.23. The fourth-order valence-corrected chi connectivity index (χ4v) is 2.81. The molecule has 0 spiro atoms. The van der Waals surface area contributed by atoms with E-state index < -0.39 is 11.5 Å². The zero-order valence-corrected chi connectivity index (χ0v) is 11.5. The molecule has 0 saturated carbocycles. The molecule has 0 aliphatic carbocycles. The number of nitrogens with zero attached hydrogens (tertiary/aromatic N) is 3. The summed E-state index contributed by atoms with van der Waals surface area (Å²) in [5.41, 5.74) is 6.59. The second-order valence-electron chi connectivity index (χ2n) is 4.49. The first-order chi connectivity index (χ1) is 9.59. The third-order valence-corrected chi connectivity index (χ3v) is 4.01. The van der Waals surface area contributed by atoms with Gasteiger partial charge in [-0.1, -0.05) is 23.9 Å². The number of hydrogen-bond acceptors (Lipinski definition) is 6. The van der Waals surface area contributed by atoms with Gasteiger partial charge < -0.3 is 0 Å². The summed E-state index contributed by atoms with van der Waals surface area (Å²) in [6, 6.07) is 6.33. The highest BCUT2D eigenvalue weighted by atomic mass is 32.2. The molecule has 0 radical (unpaired) electrons. The molecule has 2 amide bonds. The predicted molar refractivity (Wildman–Crippen MR) is 74.9 cm³/mol. The molecule has 102 valence electrons. The van der Waals surface area contributed by atoms with E-state index in [1.165, 1.54) is 16.7 Å². The van der Waals surface area contributed by atoms with Gasteiger partial charge in [0.25, 0.3) is 11.8 Å². The molecular weight excluding hydrogens is 276 g/mol. The van der Waals surface area contributed by atoms with E-state index in [4.69, 9.17) is 5.73 Å². The van der Waals surface area contributed by atoms with Crippen molar-refractivity contribution in [3.05, 3.63) is 46.5 Å². The smallest absolute Gasteiger partial charge is 0.262 e. The Bertz CT molecular complexity index is 621. The summed E-state index contributed by atoms with van der Waals surface area (Å²) in [4.78, 5) is 25.9. The minimum Gasteiger partial charge on any atom is -0.299 e. The van der Waals surface area contributed by atoms with Crippen LogP contribution in [0.15, 0.2) is 45.6 Å². The quantitative estimate of drug-likeness (QED) is 0.842. The number of azo groups is 1. The van der Waals surface area contributed by atoms with Gasteiger partial charge in [-0.2, -0.15) is 10.2 Å². The first-order valence-corrected chi connectivity index (χ1v) is 7.03. The molecule has 2 atom stereocenters. The normalized spacial score (nSPS) is 22.8. The SMILES string of the molecule is CC(C1=CSC(N)N=N1)N1C(=O)c2ccccc2C1=O. The van der Waals surface area contributed by atoms with Gasteiger partial charge in [0.15, 0.2) is 5.50 Å². The maximum atomic E-state index is 12.3. The molecule has 2 heterocycles. The Kier molecular flexibility index (Phi) is 3.15. The number of thioether (sulfide) groups is 1. The maximum absolute atomic E-state index is 12.3. The highest BCUT2D eigenvalue weighted by Crippen LogP contribution is 2.30. The van der Waals surface area contributed by atoms with Crippen molar-refractivity contribution < 1.29 is 9.59 Å². The largest absolute Gasteiger partial charge is 0.299 e. The second-order valence-corrected chi connectivity index (χ2v) is 5.48. The van der Waals surface area contributed by atoms with E-state index in [1.807, 2.05) is 0 Å². The molecule has 1 aromatic rings. The minimum absolute atomic E-state index is 0.297. The van der Waals surface area contributed by atoms with Gasteiger partial charge in [-0.05, 0) is 24.5 Å². The molecule has 6 nitrogen and oxygen atoms in total. The Morgan fingerprint density at radius 1 is 1.25 bits per heavy atom. The van der Waals surface area contributed by atoms with Crippen molar-refractivity contribution in [2.45, 2.75) is 18.5 Å². The molecule has 0 aromatic heterocycles. The monoisotopic (exact) mass is 288 g/mol. The molecule has 0 bridgehead atoms. The fraction of sp³-hybridized carbons (Fsp3) is 0.231. The predicted octanol–water partition coefficient (Wildman–Crippen LogP) is 1.95. The van der Waals surface area contributed by atoms with Crippen molar-refractivity contribution in [2.75, 3.05) is 0 Å². The number of imide groups is 1. The van der Waals surface area contributed by atoms with Crippen LogP contribution in [0.1, 0.15) is 27.6 Å². The van der Waals surface area contributed by atoms with Gasteiger partial charge in [0.05, 0.1) is 22.9 Å². The van der Waals surface area contributed by atoms with Crippen molar-refractivity contribution in [3.63, 3.8) is 0 Å². The van der Waals surface area contributed by atoms with Crippen molar-refractivity contribution >= 4 is 23.6 Å². The third-order valence-electron chi connectivity index (χ3n) is 3.26. The van der Waals surface area contributed by atoms with Gasteiger partial charge >= 0.3 is 0 Å². The molecule has 2 aliphatic heterocycles. The van der Waals surface area contributed by atoms with Gasteiger partial charge in [0.1, 0.15) is 0 Å². The number of carbonyl (C=O) groups excluding carboxylic acids is 2. The summed E-state index contributed by atoms with van der Waals surface area (Å²) in [6.07, 6.45) is 0. The highest BCUT2D eigenvalue weighted by Gasteiger charge is 2.39. The van der Waals surface area contributed by atoms with Gasteiger partial charge in [-0.3, -0.25) is 20.2 Å². The fourth-order valence-electron chi connectivity index (χ4n) is 2.19. The number of carbonyl (C=O) groups is 2. The molecule has 2 unspecified atom stereocenters. The van der Waals surface area contributed by atoms with Crippen LogP contribution in [0.3, 0.4) is 0 Å². The van der Waals surface area contributed by atoms with Gasteiger partial charge in [-0.25, -0.2) is 0 Å². The minimum atomic E-state index is -0.467. The number of benzene rings is 1. The lowest BCUT2D eigenvalue weighted by Crippen LogP contribution is -2.39. The summed E-state index contributed by atoms with van der Waals surface area (Å²) in [5.74, 6) is -0.594. The Balaban J connectivity index is 1.91. The van der Waals surface area contributed by atoms with E-state index in [1.54, 1.807) is 36.6 Å². The Morgan fingerprint density at radius 2 is 1.85 bits per heavy atom. The Labute approximate surface area is 119 Å². The number of hydrogen-bond donors (Lipinski definition) is 1. The van der Waals surface area contributed by atoms with Crippen LogP contribution in [0, 0.1) is 0 Å². The van der Waals surface area contributed by atoms with Crippen LogP contribution in [0.2, 0.25) is 0 Å². The lowest BCUT2D eigenvalue weighted by atomic mass is 10.1. The van der Waals surface area contributed by atoms with Crippen molar-refractivity contribution in [2.24, 2.45) is 16.0 Å². The van der Waals surface area contributed by atoms with Crippen LogP contribution in [0.5, 0.6) is 0 Å². The summed E-state index contributed by atoms with van der Waals surface area (Å²) in [6.45, 7) is 1.75. The zero-order chi connectivity index (χ0) is 14.3. The second kappa shape index (κ2) is 4.84. The summed E-state index contributed by atoms with van der Waals surface area (Å²) < 4.78 is 0. The molecule has 3 rings (SSSR count). The maximum Gasteiger partial charge on any atom is 0.262 e. The molecular formula is C13H12N4O2S. The Hall–Kier alpha value is -1.99. The number of fused-ring (bicyclic) bond motifs is 1. The van der Waals surface area contributed by atoms with E-state index in [9.17, 15) is 9.59 Å². The Morgan fingerprint density at radius 3 is 2.35 bits per heavy atom. The zero-order valence-electron chi connectivity index (χ0n) is 10.7. The summed E-state index contributed by atoms with van der Waals surface area (Å²) >= 11 is 1.31. The number of nitrogens with two attached hydrogens (primary N) is 1. The molecule has 2 N–H and O–H groups in total. The topological polar surface area (TPSA) is 88.1 Å². The van der Waals surface area contributed by atoms with Crippen molar-refractivity contribution in [1.82, 2.24) is 4.90 Å². The van der Waals surface area contributed by atoms with E-state index in [2.05, 4.69) is 10.2 Å². The van der Waals surface area contributed by atoms with Crippen LogP contribution in [0.4, 0.5) is 0 Å². The third kappa shape index (κ3) is 1.95. The van der Waals surface area contributed by atoms with E-state index in [0.717, 1.165) is 0 Å². The van der Waals surface area contributed by atoms with Crippen LogP contribution >= 0.6 is 11.8 Å². The first-order valence-electron chi connectivity index (χ1n) is 6.08. The standard InChI is InChI=1S/C13H12N4O2S/c1-7(10-6-20-13(14)16-15-10)17-11(18)8-4-2-3-5-9(8)12(17)19/h2-7,13H,14H2,1H3. The van der Waals surface area contributed by atoms with E-state index in [-0.39, 0.29) is 11.8 Å². The number of rotatable bonds is 2. The lowest BCUT2D eigenvalue weighted by molar-refractivity contribution is 0.0617. The average molecular weight is 288 g/mol. The molecule has 7 heteroatoms. The van der Waals surface area contributed by atoms with Crippen molar-refractivity contribution in [3.8, 4) is 0 Å². The summed E-state index contributed by atoms with van der Waals surface area (Å²) in [5, 5.41) is 9.57. The molecule has 2 aliphatic rings. The molecule has 0 saturated heterocycles. The van der Waals surface area contributed by atoms with Crippen LogP contribution in [0.25, 0.3) is 0 Å². The molecule has 20 heavy (non-hydrogen) atoms. The highest BCUT2D eigenvalue weighted by molar-refractivity contribution is 8.02. The van der Waals surface area contributed by atoms with E-state index >= 15 is 0 Å². The average Bonchev–Trinajstić information content (AvgIpc) is 2.72. The van der Waals surface area contributed by atoms with Crippen LogP contribution in [-0.2, 0) is 0 Å². The van der Waals surface area contributed by atoms with Gasteiger partial charge in [0.2, 0.25) is 0 Å². The molecule has 0 fully saturated rings. The summed E-state index contributed by atoms with van der Waals surface area (Å²) in [7, 11) is 0. The number of amides is 2.